The minimum absolute atomic E-state index is 0.460. The molecule has 1 aromatic heterocycles. The van der Waals surface area contributed by atoms with Gasteiger partial charge in [-0.15, -0.1) is 0 Å². The molecule has 1 heterocycles. The number of H-pyrrole nitrogens is 1. The monoisotopic (exact) mass is 402 g/mol. The van der Waals surface area contributed by atoms with Gasteiger partial charge in [0.05, 0.1) is 26.1 Å². The Morgan fingerprint density at radius 3 is 2.38 bits per heavy atom. The molecule has 0 radical (unpaired) electrons. The van der Waals surface area contributed by atoms with E-state index in [2.05, 4.69) is 9.97 Å². The molecule has 0 saturated carbocycles. The van der Waals surface area contributed by atoms with E-state index in [-0.39, 0.29) is 0 Å². The number of halogens is 3. The lowest BCUT2D eigenvalue weighted by atomic mass is 10.2. The van der Waals surface area contributed by atoms with E-state index in [1.807, 2.05) is 48.5 Å². The molecule has 26 heavy (non-hydrogen) atoms. The lowest BCUT2D eigenvalue weighted by molar-refractivity contribution is 0.306. The number of hydrogen-bond acceptors (Lipinski definition) is 2. The average molecular weight is 404 g/mol. The normalized spacial score (nSPS) is 11.0. The Hall–Kier alpha value is -2.20. The van der Waals surface area contributed by atoms with Crippen LogP contribution in [0.1, 0.15) is 5.56 Å². The first-order chi connectivity index (χ1) is 12.6. The molecular weight excluding hydrogens is 391 g/mol. The molecule has 0 aliphatic carbocycles. The summed E-state index contributed by atoms with van der Waals surface area (Å²) in [7, 11) is 0. The lowest BCUT2D eigenvalue weighted by Gasteiger charge is -2.09. The number of rotatable bonds is 4. The summed E-state index contributed by atoms with van der Waals surface area (Å²) in [5, 5.41) is 1.48. The molecule has 0 aliphatic rings. The fraction of sp³-hybridized carbons (Fsp3) is 0.0500. The SMILES string of the molecule is Clc1cc2nc(-c3ccc(OCc4ccccc4)c(Cl)c3)[nH]c2cc1Cl. The molecule has 3 aromatic carbocycles. The zero-order chi connectivity index (χ0) is 18.1. The van der Waals surface area contributed by atoms with Crippen LogP contribution in [0.25, 0.3) is 22.4 Å². The molecule has 0 atom stereocenters. The largest absolute Gasteiger partial charge is 0.487 e. The molecule has 4 aromatic rings. The zero-order valence-corrected chi connectivity index (χ0v) is 15.7. The predicted octanol–water partition coefficient (Wildman–Crippen LogP) is 6.77. The fourth-order valence-corrected chi connectivity index (χ4v) is 3.20. The summed E-state index contributed by atoms with van der Waals surface area (Å²) in [6.45, 7) is 0.460. The summed E-state index contributed by atoms with van der Waals surface area (Å²) in [4.78, 5) is 7.78. The van der Waals surface area contributed by atoms with Gasteiger partial charge in [0.15, 0.2) is 0 Å². The number of benzene rings is 3. The van der Waals surface area contributed by atoms with Crippen molar-refractivity contribution < 1.29 is 4.74 Å². The van der Waals surface area contributed by atoms with Crippen LogP contribution >= 0.6 is 34.8 Å². The van der Waals surface area contributed by atoms with Gasteiger partial charge in [0.25, 0.3) is 0 Å². The number of aromatic nitrogens is 2. The van der Waals surface area contributed by atoms with Gasteiger partial charge in [-0.2, -0.15) is 0 Å². The third-order valence-electron chi connectivity index (χ3n) is 3.97. The summed E-state index contributed by atoms with van der Waals surface area (Å²) < 4.78 is 5.81. The van der Waals surface area contributed by atoms with E-state index in [0.29, 0.717) is 33.2 Å². The van der Waals surface area contributed by atoms with Crippen molar-refractivity contribution in [3.05, 3.63) is 81.3 Å². The molecule has 0 unspecified atom stereocenters. The maximum Gasteiger partial charge on any atom is 0.138 e. The molecule has 0 saturated heterocycles. The quantitative estimate of drug-likeness (QED) is 0.408. The summed E-state index contributed by atoms with van der Waals surface area (Å²) in [5.41, 5.74) is 3.49. The zero-order valence-electron chi connectivity index (χ0n) is 13.5. The molecule has 4 rings (SSSR count). The van der Waals surface area contributed by atoms with Gasteiger partial charge in [0.1, 0.15) is 18.2 Å². The van der Waals surface area contributed by atoms with Crippen molar-refractivity contribution in [3.63, 3.8) is 0 Å². The summed E-state index contributed by atoms with van der Waals surface area (Å²) >= 11 is 18.5. The van der Waals surface area contributed by atoms with Crippen molar-refractivity contribution in [2.45, 2.75) is 6.61 Å². The highest BCUT2D eigenvalue weighted by molar-refractivity contribution is 6.42. The van der Waals surface area contributed by atoms with Gasteiger partial charge in [-0.25, -0.2) is 4.98 Å². The fourth-order valence-electron chi connectivity index (χ4n) is 2.64. The second kappa shape index (κ2) is 7.20. The average Bonchev–Trinajstić information content (AvgIpc) is 3.04. The number of ether oxygens (including phenoxy) is 1. The van der Waals surface area contributed by atoms with Crippen LogP contribution in [0.3, 0.4) is 0 Å². The maximum absolute atomic E-state index is 6.39. The third kappa shape index (κ3) is 3.51. The maximum atomic E-state index is 6.39. The lowest BCUT2D eigenvalue weighted by Crippen LogP contribution is -1.95. The first-order valence-electron chi connectivity index (χ1n) is 7.91. The highest BCUT2D eigenvalue weighted by atomic mass is 35.5. The second-order valence-electron chi connectivity index (χ2n) is 5.79. The van der Waals surface area contributed by atoms with Gasteiger partial charge in [-0.3, -0.25) is 0 Å². The third-order valence-corrected chi connectivity index (χ3v) is 4.98. The summed E-state index contributed by atoms with van der Waals surface area (Å²) in [6.07, 6.45) is 0. The van der Waals surface area contributed by atoms with Crippen LogP contribution in [0.4, 0.5) is 0 Å². The first kappa shape index (κ1) is 17.2. The van der Waals surface area contributed by atoms with Crippen LogP contribution in [-0.4, -0.2) is 9.97 Å². The van der Waals surface area contributed by atoms with Crippen molar-refractivity contribution in [1.29, 1.82) is 0 Å². The van der Waals surface area contributed by atoms with Crippen LogP contribution in [0.2, 0.25) is 15.1 Å². The number of aromatic amines is 1. The van der Waals surface area contributed by atoms with Crippen molar-refractivity contribution in [1.82, 2.24) is 9.97 Å². The Morgan fingerprint density at radius 1 is 0.846 bits per heavy atom. The summed E-state index contributed by atoms with van der Waals surface area (Å²) in [5.74, 6) is 1.32. The molecule has 1 N–H and O–H groups in total. The van der Waals surface area contributed by atoms with Gasteiger partial charge >= 0.3 is 0 Å². The number of hydrogen-bond donors (Lipinski definition) is 1. The standard InChI is InChI=1S/C20H13Cl3N2O/c21-14-9-17-18(10-15(14)22)25-20(24-17)13-6-7-19(16(23)8-13)26-11-12-4-2-1-3-5-12/h1-10H,11H2,(H,24,25). The van der Waals surface area contributed by atoms with E-state index in [4.69, 9.17) is 39.5 Å². The number of fused-ring (bicyclic) bond motifs is 1. The molecule has 0 amide bonds. The van der Waals surface area contributed by atoms with Crippen LogP contribution in [0, 0.1) is 0 Å². The Labute approximate surface area is 165 Å². The smallest absolute Gasteiger partial charge is 0.138 e. The predicted molar refractivity (Wildman–Crippen MR) is 107 cm³/mol. The molecule has 6 heteroatoms. The minimum Gasteiger partial charge on any atom is -0.487 e. The van der Waals surface area contributed by atoms with Crippen LogP contribution in [-0.2, 0) is 6.61 Å². The molecular formula is C20H13Cl3N2O. The van der Waals surface area contributed by atoms with Gasteiger partial charge in [-0.05, 0) is 35.9 Å². The van der Waals surface area contributed by atoms with E-state index in [1.54, 1.807) is 12.1 Å². The van der Waals surface area contributed by atoms with Gasteiger partial charge in [0.2, 0.25) is 0 Å². The molecule has 0 bridgehead atoms. The minimum atomic E-state index is 0.460. The van der Waals surface area contributed by atoms with Crippen LogP contribution < -0.4 is 4.74 Å². The van der Waals surface area contributed by atoms with Gasteiger partial charge in [-0.1, -0.05) is 65.1 Å². The summed E-state index contributed by atoms with van der Waals surface area (Å²) in [6, 6.07) is 19.0. The number of nitrogens with zero attached hydrogens (tertiary/aromatic N) is 1. The van der Waals surface area contributed by atoms with Crippen LogP contribution in [0.15, 0.2) is 60.7 Å². The van der Waals surface area contributed by atoms with E-state index in [9.17, 15) is 0 Å². The highest BCUT2D eigenvalue weighted by Gasteiger charge is 2.11. The Balaban J connectivity index is 1.59. The Morgan fingerprint density at radius 2 is 1.62 bits per heavy atom. The van der Waals surface area contributed by atoms with Crippen molar-refractivity contribution in [2.24, 2.45) is 0 Å². The van der Waals surface area contributed by atoms with E-state index >= 15 is 0 Å². The van der Waals surface area contributed by atoms with Crippen molar-refractivity contribution in [3.8, 4) is 17.1 Å². The van der Waals surface area contributed by atoms with Gasteiger partial charge < -0.3 is 9.72 Å². The molecule has 0 fully saturated rings. The van der Waals surface area contributed by atoms with Crippen molar-refractivity contribution >= 4 is 45.8 Å². The van der Waals surface area contributed by atoms with Crippen molar-refractivity contribution in [2.75, 3.05) is 0 Å². The Bertz CT molecular complexity index is 1040. The molecule has 3 nitrogen and oxygen atoms in total. The molecule has 0 spiro atoms. The Kier molecular flexibility index (Phi) is 4.77. The van der Waals surface area contributed by atoms with E-state index in [1.165, 1.54) is 0 Å². The van der Waals surface area contributed by atoms with Gasteiger partial charge in [0, 0.05) is 5.56 Å². The van der Waals surface area contributed by atoms with E-state index < -0.39 is 0 Å². The van der Waals surface area contributed by atoms with Crippen LogP contribution in [0.5, 0.6) is 5.75 Å². The second-order valence-corrected chi connectivity index (χ2v) is 7.01. The number of nitrogens with one attached hydrogen (secondary N) is 1. The van der Waals surface area contributed by atoms with E-state index in [0.717, 1.165) is 22.2 Å². The topological polar surface area (TPSA) is 37.9 Å². The highest BCUT2D eigenvalue weighted by Crippen LogP contribution is 2.32. The molecule has 130 valence electrons. The molecule has 0 aliphatic heterocycles. The number of imidazole rings is 1. The first-order valence-corrected chi connectivity index (χ1v) is 9.05.